The van der Waals surface area contributed by atoms with E-state index in [1.165, 1.54) is 0 Å². The third kappa shape index (κ3) is 0.781. The molecule has 4 rings (SSSR count). The maximum Gasteiger partial charge on any atom is 0.141 e. The number of hydrogen-bond acceptors (Lipinski definition) is 1. The molecule has 0 heterocycles. The Hall–Kier alpha value is -0.156. The Morgan fingerprint density at radius 1 is 0.833 bits per heavy atom. The fourth-order valence-corrected chi connectivity index (χ4v) is 13.3. The maximum absolute atomic E-state index is 13.4. The minimum atomic E-state index is -1.41. The van der Waals surface area contributed by atoms with Gasteiger partial charge in [-0.15, -0.1) is 0 Å². The fraction of sp³-hybridized carbons (Fsp3) is 0.800. The summed E-state index contributed by atoms with van der Waals surface area (Å²) in [5.41, 5.74) is 0. The van der Waals surface area contributed by atoms with E-state index >= 15 is 0 Å². The van der Waals surface area contributed by atoms with Crippen molar-refractivity contribution in [2.75, 3.05) is 0 Å². The van der Waals surface area contributed by atoms with Gasteiger partial charge in [-0.3, -0.25) is 4.79 Å². The summed E-state index contributed by atoms with van der Waals surface area (Å²) in [5.74, 6) is 3.55. The zero-order valence-electron chi connectivity index (χ0n) is 12.4. The zero-order valence-corrected chi connectivity index (χ0v) is 14.4. The molecule has 18 heavy (non-hydrogen) atoms. The van der Waals surface area contributed by atoms with E-state index in [4.69, 9.17) is 0 Å². The fourth-order valence-electron chi connectivity index (χ4n) is 6.31. The highest BCUT2D eigenvalue weighted by Crippen LogP contribution is 2.97. The van der Waals surface area contributed by atoms with Crippen molar-refractivity contribution in [3.8, 4) is 0 Å². The number of hydrogen-bond donors (Lipinski definition) is 0. The molecule has 6 atom stereocenters. The van der Waals surface area contributed by atoms with Crippen LogP contribution in [0.1, 0.15) is 0 Å². The van der Waals surface area contributed by atoms with Crippen LogP contribution < -0.4 is 0 Å². The molecule has 0 aromatic carbocycles. The predicted octanol–water partition coefficient (Wildman–Crippen LogP) is 3.79. The first-order valence-corrected chi connectivity index (χ1v) is 14.4. The molecule has 0 saturated heterocycles. The molecule has 0 aliphatic heterocycles. The van der Waals surface area contributed by atoms with Gasteiger partial charge >= 0.3 is 0 Å². The van der Waals surface area contributed by atoms with Gasteiger partial charge in [0.2, 0.25) is 0 Å². The zero-order chi connectivity index (χ0) is 13.3. The topological polar surface area (TPSA) is 17.1 Å². The van der Waals surface area contributed by atoms with Gasteiger partial charge in [-0.05, 0) is 23.7 Å². The minimum absolute atomic E-state index is 0.154. The maximum atomic E-state index is 13.4. The van der Waals surface area contributed by atoms with E-state index in [2.05, 4.69) is 51.4 Å². The van der Waals surface area contributed by atoms with Crippen LogP contribution in [0, 0.1) is 23.7 Å². The monoisotopic (exact) mass is 276 g/mol. The molecular formula is C15H24OSi2. The smallest absolute Gasteiger partial charge is 0.141 e. The van der Waals surface area contributed by atoms with Gasteiger partial charge in [-0.1, -0.05) is 51.4 Å². The lowest BCUT2D eigenvalue weighted by molar-refractivity contribution is -0.120. The van der Waals surface area contributed by atoms with Crippen molar-refractivity contribution < 1.29 is 4.79 Å². The summed E-state index contributed by atoms with van der Waals surface area (Å²) in [7, 11) is -2.82. The first-order valence-electron chi connectivity index (χ1n) is 7.36. The Kier molecular flexibility index (Phi) is 1.64. The highest BCUT2D eigenvalue weighted by Gasteiger charge is 2.96. The molecule has 3 fully saturated rings. The summed E-state index contributed by atoms with van der Waals surface area (Å²) in [5, 5.41) is 0.308. The van der Waals surface area contributed by atoms with Crippen molar-refractivity contribution in [1.29, 1.82) is 0 Å². The first-order chi connectivity index (χ1) is 8.13. The lowest BCUT2D eigenvalue weighted by Crippen LogP contribution is -2.44. The molecule has 0 unspecified atom stereocenters. The summed E-state index contributed by atoms with van der Waals surface area (Å²) >= 11 is 0. The summed E-state index contributed by atoms with van der Waals surface area (Å²) in [6.07, 6.45) is 4.88. The summed E-state index contributed by atoms with van der Waals surface area (Å²) < 4.78 is 0. The lowest BCUT2D eigenvalue weighted by atomic mass is 10.1. The molecule has 3 heteroatoms. The average molecular weight is 277 g/mol. The Morgan fingerprint density at radius 3 is 1.44 bits per heavy atom. The number of carbonyl (C=O) groups is 1. The van der Waals surface area contributed by atoms with Crippen molar-refractivity contribution >= 4 is 21.9 Å². The number of allylic oxidation sites excluding steroid dienone is 2. The van der Waals surface area contributed by atoms with E-state index in [1.54, 1.807) is 0 Å². The number of rotatable bonds is 2. The SMILES string of the molecule is C[Si](C)(C)[C@@]12C(=O)[C@@]3([Si](C)(C)C)[C@@H]4[C@H]1[C@@H]2C=C[C@H]43. The van der Waals surface area contributed by atoms with E-state index in [0.29, 0.717) is 11.8 Å². The van der Waals surface area contributed by atoms with E-state index in [1.807, 2.05) is 0 Å². The van der Waals surface area contributed by atoms with E-state index in [0.717, 1.165) is 17.6 Å². The molecular weight excluding hydrogens is 252 g/mol. The normalized spacial score (nSPS) is 55.6. The number of Topliss-reactive ketones (excluding diaryl/α,β-unsaturated/α-hetero) is 1. The highest BCUT2D eigenvalue weighted by molar-refractivity contribution is 6.90. The van der Waals surface area contributed by atoms with Crippen LogP contribution in [0.2, 0.25) is 49.4 Å². The molecule has 0 bridgehead atoms. The van der Waals surface area contributed by atoms with Crippen LogP contribution in [0.5, 0.6) is 0 Å². The van der Waals surface area contributed by atoms with Gasteiger partial charge in [0.15, 0.2) is 0 Å². The van der Waals surface area contributed by atoms with Crippen LogP contribution in [0.15, 0.2) is 12.2 Å². The van der Waals surface area contributed by atoms with Gasteiger partial charge < -0.3 is 0 Å². The molecule has 0 spiro atoms. The quantitative estimate of drug-likeness (QED) is 0.554. The van der Waals surface area contributed by atoms with Crippen molar-refractivity contribution in [2.24, 2.45) is 23.7 Å². The minimum Gasteiger partial charge on any atom is -0.299 e. The third-order valence-corrected chi connectivity index (χ3v) is 13.6. The van der Waals surface area contributed by atoms with E-state index in [-0.39, 0.29) is 10.1 Å². The Morgan fingerprint density at radius 2 is 1.17 bits per heavy atom. The summed E-state index contributed by atoms with van der Waals surface area (Å²) in [6.45, 7) is 14.6. The number of carbonyl (C=O) groups excluding carboxylic acids is 1. The van der Waals surface area contributed by atoms with Crippen LogP contribution >= 0.6 is 0 Å². The van der Waals surface area contributed by atoms with Crippen molar-refractivity contribution in [1.82, 2.24) is 0 Å². The van der Waals surface area contributed by atoms with Gasteiger partial charge in [0.25, 0.3) is 0 Å². The predicted molar refractivity (Wildman–Crippen MR) is 80.2 cm³/mol. The first kappa shape index (κ1) is 11.7. The second kappa shape index (κ2) is 2.53. The molecule has 0 aromatic rings. The molecule has 1 nitrogen and oxygen atoms in total. The second-order valence-corrected chi connectivity index (χ2v) is 19.7. The van der Waals surface area contributed by atoms with Crippen LogP contribution in [-0.2, 0) is 4.79 Å². The molecule has 0 radical (unpaired) electrons. The van der Waals surface area contributed by atoms with Crippen LogP contribution in [-0.4, -0.2) is 21.9 Å². The molecule has 98 valence electrons. The Labute approximate surface area is 112 Å². The average Bonchev–Trinajstić information content (AvgIpc) is 3.01. The molecule has 4 aliphatic rings. The lowest BCUT2D eigenvalue weighted by Gasteiger charge is -2.35. The van der Waals surface area contributed by atoms with Crippen LogP contribution in [0.4, 0.5) is 0 Å². The summed E-state index contributed by atoms with van der Waals surface area (Å²) in [6, 6.07) is 0. The third-order valence-electron chi connectivity index (χ3n) is 6.80. The van der Waals surface area contributed by atoms with Gasteiger partial charge in [-0.2, -0.15) is 0 Å². The van der Waals surface area contributed by atoms with Crippen molar-refractivity contribution in [3.05, 3.63) is 12.2 Å². The molecule has 4 aliphatic carbocycles. The van der Waals surface area contributed by atoms with E-state index in [9.17, 15) is 4.79 Å². The molecule has 3 saturated carbocycles. The summed E-state index contributed by atoms with van der Waals surface area (Å²) in [4.78, 5) is 13.4. The van der Waals surface area contributed by atoms with Gasteiger partial charge in [-0.25, -0.2) is 0 Å². The number of ketones is 1. The van der Waals surface area contributed by atoms with Gasteiger partial charge in [0, 0.05) is 10.1 Å². The molecule has 0 amide bonds. The van der Waals surface area contributed by atoms with Gasteiger partial charge in [0.05, 0.1) is 16.1 Å². The largest absolute Gasteiger partial charge is 0.299 e. The second-order valence-electron chi connectivity index (χ2n) is 9.06. The number of fused-ring (bicyclic) bond motifs is 2. The van der Waals surface area contributed by atoms with Gasteiger partial charge in [0.1, 0.15) is 5.78 Å². The Bertz CT molecular complexity index is 466. The Balaban J connectivity index is 1.93. The van der Waals surface area contributed by atoms with Crippen LogP contribution in [0.3, 0.4) is 0 Å². The van der Waals surface area contributed by atoms with E-state index < -0.39 is 16.1 Å². The van der Waals surface area contributed by atoms with Crippen molar-refractivity contribution in [2.45, 2.75) is 49.4 Å². The van der Waals surface area contributed by atoms with Crippen LogP contribution in [0.25, 0.3) is 0 Å². The highest BCUT2D eigenvalue weighted by atomic mass is 28.3. The molecule has 0 N–H and O–H groups in total. The van der Waals surface area contributed by atoms with Crippen molar-refractivity contribution in [3.63, 3.8) is 0 Å². The standard InChI is InChI=1S/C15H24OSi2/c1-17(2,3)14-9-7-8-10-12(11(9)14)15(10,13(14)16)18(4,5)6/h7-12H,1-6H3/t9-,10+,11+,12-,14+,15-. The molecule has 0 aromatic heterocycles.